The van der Waals surface area contributed by atoms with Crippen molar-refractivity contribution in [1.29, 1.82) is 0 Å². The standard InChI is InChI=1S/C14H9BrCl2FNO/c1-7-4-12(18)10(15)6-13(7)19-14(20)9-3-2-8(16)5-11(9)17/h2-6H,1H3,(H,19,20). The Balaban J connectivity index is 2.30. The van der Waals surface area contributed by atoms with Gasteiger partial charge in [-0.05, 0) is 58.7 Å². The summed E-state index contributed by atoms with van der Waals surface area (Å²) < 4.78 is 13.6. The first kappa shape index (κ1) is 15.3. The number of amides is 1. The highest BCUT2D eigenvalue weighted by atomic mass is 79.9. The lowest BCUT2D eigenvalue weighted by Crippen LogP contribution is -2.13. The zero-order chi connectivity index (χ0) is 14.9. The van der Waals surface area contributed by atoms with Crippen LogP contribution in [0.3, 0.4) is 0 Å². The van der Waals surface area contributed by atoms with Crippen LogP contribution in [0.15, 0.2) is 34.8 Å². The molecule has 2 rings (SSSR count). The minimum absolute atomic E-state index is 0.258. The van der Waals surface area contributed by atoms with Gasteiger partial charge in [-0.15, -0.1) is 0 Å². The van der Waals surface area contributed by atoms with Crippen molar-refractivity contribution < 1.29 is 9.18 Å². The van der Waals surface area contributed by atoms with Crippen molar-refractivity contribution in [3.05, 3.63) is 61.8 Å². The topological polar surface area (TPSA) is 29.1 Å². The fourth-order valence-corrected chi connectivity index (χ4v) is 2.48. The number of nitrogens with one attached hydrogen (secondary N) is 1. The Labute approximate surface area is 134 Å². The van der Waals surface area contributed by atoms with Crippen LogP contribution in [0, 0.1) is 12.7 Å². The van der Waals surface area contributed by atoms with Gasteiger partial charge < -0.3 is 5.32 Å². The molecule has 0 aliphatic rings. The van der Waals surface area contributed by atoms with E-state index >= 15 is 0 Å². The minimum Gasteiger partial charge on any atom is -0.322 e. The number of carbonyl (C=O) groups is 1. The number of carbonyl (C=O) groups excluding carboxylic acids is 1. The molecule has 0 saturated carbocycles. The molecule has 0 spiro atoms. The lowest BCUT2D eigenvalue weighted by atomic mass is 10.1. The predicted molar refractivity (Wildman–Crippen MR) is 83.3 cm³/mol. The summed E-state index contributed by atoms with van der Waals surface area (Å²) in [6, 6.07) is 7.45. The predicted octanol–water partition coefficient (Wildman–Crippen LogP) is 5.46. The largest absolute Gasteiger partial charge is 0.322 e. The highest BCUT2D eigenvalue weighted by molar-refractivity contribution is 9.10. The Morgan fingerprint density at radius 1 is 1.25 bits per heavy atom. The third-order valence-corrected chi connectivity index (χ3v) is 3.85. The van der Waals surface area contributed by atoms with E-state index in [1.54, 1.807) is 13.0 Å². The zero-order valence-electron chi connectivity index (χ0n) is 10.3. The third kappa shape index (κ3) is 3.32. The van der Waals surface area contributed by atoms with Crippen LogP contribution in [-0.4, -0.2) is 5.91 Å². The highest BCUT2D eigenvalue weighted by Gasteiger charge is 2.13. The molecule has 2 nitrogen and oxygen atoms in total. The summed E-state index contributed by atoms with van der Waals surface area (Å²) in [4.78, 5) is 12.1. The molecule has 1 amide bonds. The van der Waals surface area contributed by atoms with Crippen molar-refractivity contribution in [2.24, 2.45) is 0 Å². The number of rotatable bonds is 2. The fourth-order valence-electron chi connectivity index (χ4n) is 1.64. The van der Waals surface area contributed by atoms with E-state index in [1.807, 2.05) is 0 Å². The van der Waals surface area contributed by atoms with Gasteiger partial charge in [0.2, 0.25) is 0 Å². The van der Waals surface area contributed by atoms with E-state index in [2.05, 4.69) is 21.2 Å². The second-order valence-electron chi connectivity index (χ2n) is 4.16. The van der Waals surface area contributed by atoms with Crippen LogP contribution in [0.1, 0.15) is 15.9 Å². The molecule has 2 aromatic rings. The third-order valence-electron chi connectivity index (χ3n) is 2.69. The van der Waals surface area contributed by atoms with E-state index in [0.29, 0.717) is 21.8 Å². The molecule has 0 saturated heterocycles. The first-order valence-electron chi connectivity index (χ1n) is 5.60. The van der Waals surface area contributed by atoms with Crippen LogP contribution in [0.5, 0.6) is 0 Å². The Morgan fingerprint density at radius 3 is 2.60 bits per heavy atom. The van der Waals surface area contributed by atoms with Gasteiger partial charge in [-0.3, -0.25) is 4.79 Å². The molecule has 0 bridgehead atoms. The Kier molecular flexibility index (Phi) is 4.68. The van der Waals surface area contributed by atoms with Crippen LogP contribution in [-0.2, 0) is 0 Å². The van der Waals surface area contributed by atoms with E-state index in [4.69, 9.17) is 23.2 Å². The molecule has 0 heterocycles. The van der Waals surface area contributed by atoms with Crippen LogP contribution >= 0.6 is 39.1 Å². The zero-order valence-corrected chi connectivity index (χ0v) is 13.4. The van der Waals surface area contributed by atoms with Crippen LogP contribution in [0.4, 0.5) is 10.1 Å². The highest BCUT2D eigenvalue weighted by Crippen LogP contribution is 2.26. The van der Waals surface area contributed by atoms with Gasteiger partial charge in [-0.25, -0.2) is 4.39 Å². The van der Waals surface area contributed by atoms with Gasteiger partial charge in [0.15, 0.2) is 0 Å². The molecule has 2 aromatic carbocycles. The summed E-state index contributed by atoms with van der Waals surface area (Å²) >= 11 is 14.8. The normalized spacial score (nSPS) is 10.4. The second-order valence-corrected chi connectivity index (χ2v) is 5.86. The van der Waals surface area contributed by atoms with E-state index in [1.165, 1.54) is 24.3 Å². The molecule has 0 aliphatic carbocycles. The lowest BCUT2D eigenvalue weighted by molar-refractivity contribution is 0.102. The quantitative estimate of drug-likeness (QED) is 0.741. The monoisotopic (exact) mass is 375 g/mol. The molecule has 6 heteroatoms. The molecule has 20 heavy (non-hydrogen) atoms. The number of hydrogen-bond acceptors (Lipinski definition) is 1. The van der Waals surface area contributed by atoms with E-state index < -0.39 is 0 Å². The van der Waals surface area contributed by atoms with Crippen LogP contribution < -0.4 is 5.32 Å². The van der Waals surface area contributed by atoms with Gasteiger partial charge in [0.25, 0.3) is 5.91 Å². The Bertz CT molecular complexity index is 691. The molecular formula is C14H9BrCl2FNO. The molecule has 0 aliphatic heterocycles. The van der Waals surface area contributed by atoms with Gasteiger partial charge in [0.05, 0.1) is 15.1 Å². The summed E-state index contributed by atoms with van der Waals surface area (Å²) in [5.41, 5.74) is 1.43. The lowest BCUT2D eigenvalue weighted by Gasteiger charge is -2.10. The second kappa shape index (κ2) is 6.12. The summed E-state index contributed by atoms with van der Waals surface area (Å²) in [6.45, 7) is 1.70. The number of anilines is 1. The smallest absolute Gasteiger partial charge is 0.257 e. The van der Waals surface area contributed by atoms with Crippen LogP contribution in [0.25, 0.3) is 0 Å². The molecule has 1 N–H and O–H groups in total. The van der Waals surface area contributed by atoms with Crippen molar-refractivity contribution in [2.45, 2.75) is 6.92 Å². The van der Waals surface area contributed by atoms with E-state index in [9.17, 15) is 9.18 Å². The molecule has 0 atom stereocenters. The van der Waals surface area contributed by atoms with Crippen molar-refractivity contribution in [1.82, 2.24) is 0 Å². The molecule has 0 aromatic heterocycles. The SMILES string of the molecule is Cc1cc(F)c(Br)cc1NC(=O)c1ccc(Cl)cc1Cl. The fraction of sp³-hybridized carbons (Fsp3) is 0.0714. The van der Waals surface area contributed by atoms with Crippen molar-refractivity contribution >= 4 is 50.7 Å². The number of hydrogen-bond donors (Lipinski definition) is 1. The average Bonchev–Trinajstić information content (AvgIpc) is 2.35. The van der Waals surface area contributed by atoms with Gasteiger partial charge in [0.1, 0.15) is 5.82 Å². The molecule has 0 unspecified atom stereocenters. The van der Waals surface area contributed by atoms with Crippen LogP contribution in [0.2, 0.25) is 10.0 Å². The van der Waals surface area contributed by atoms with Crippen molar-refractivity contribution in [3.63, 3.8) is 0 Å². The summed E-state index contributed by atoms with van der Waals surface area (Å²) in [5, 5.41) is 3.40. The van der Waals surface area contributed by atoms with Gasteiger partial charge in [-0.2, -0.15) is 0 Å². The van der Waals surface area contributed by atoms with Crippen molar-refractivity contribution in [2.75, 3.05) is 5.32 Å². The molecule has 0 fully saturated rings. The first-order valence-corrected chi connectivity index (χ1v) is 7.15. The van der Waals surface area contributed by atoms with E-state index in [0.717, 1.165) is 0 Å². The number of benzene rings is 2. The summed E-state index contributed by atoms with van der Waals surface area (Å²) in [6.07, 6.45) is 0. The average molecular weight is 377 g/mol. The Morgan fingerprint density at radius 2 is 1.95 bits per heavy atom. The maximum absolute atomic E-state index is 13.3. The molecule has 0 radical (unpaired) electrons. The van der Waals surface area contributed by atoms with E-state index in [-0.39, 0.29) is 21.2 Å². The number of halogens is 4. The maximum Gasteiger partial charge on any atom is 0.257 e. The summed E-state index contributed by atoms with van der Waals surface area (Å²) in [5.74, 6) is -0.765. The minimum atomic E-state index is -0.384. The van der Waals surface area contributed by atoms with Gasteiger partial charge in [-0.1, -0.05) is 23.2 Å². The number of aryl methyl sites for hydroxylation is 1. The molecule has 104 valence electrons. The summed E-state index contributed by atoms with van der Waals surface area (Å²) in [7, 11) is 0. The van der Waals surface area contributed by atoms with Gasteiger partial charge >= 0.3 is 0 Å². The van der Waals surface area contributed by atoms with Crippen molar-refractivity contribution in [3.8, 4) is 0 Å². The maximum atomic E-state index is 13.3. The Hall–Kier alpha value is -1.10. The van der Waals surface area contributed by atoms with Gasteiger partial charge in [0, 0.05) is 10.7 Å². The first-order chi connectivity index (χ1) is 9.38. The molecular weight excluding hydrogens is 368 g/mol.